The monoisotopic (exact) mass is 288 g/mol. The van der Waals surface area contributed by atoms with E-state index in [-0.39, 0.29) is 6.54 Å². The fourth-order valence-electron chi connectivity index (χ4n) is 1.55. The summed E-state index contributed by atoms with van der Waals surface area (Å²) in [6.45, 7) is 3.36. The summed E-state index contributed by atoms with van der Waals surface area (Å²) in [7, 11) is 0. The lowest BCUT2D eigenvalue weighted by Crippen LogP contribution is -2.26. The quantitative estimate of drug-likeness (QED) is 0.843. The number of aromatic carboxylic acids is 1. The third-order valence-electron chi connectivity index (χ3n) is 2.36. The molecule has 0 fully saturated rings. The molecule has 0 bridgehead atoms. The second-order valence-electron chi connectivity index (χ2n) is 3.74. The van der Waals surface area contributed by atoms with Crippen molar-refractivity contribution < 1.29 is 23.1 Å². The number of allylic oxidation sites excluding steroid dienone is 1. The summed E-state index contributed by atoms with van der Waals surface area (Å²) in [4.78, 5) is 25.9. The van der Waals surface area contributed by atoms with Crippen LogP contribution in [0.1, 0.15) is 16.2 Å². The molecule has 0 unspecified atom stereocenters. The van der Waals surface area contributed by atoms with Crippen LogP contribution in [0.4, 0.5) is 13.2 Å². The van der Waals surface area contributed by atoms with Crippen molar-refractivity contribution in [2.24, 2.45) is 0 Å². The number of alkyl halides is 3. The van der Waals surface area contributed by atoms with Gasteiger partial charge in [-0.1, -0.05) is 6.08 Å². The highest BCUT2D eigenvalue weighted by Crippen LogP contribution is 2.26. The third-order valence-corrected chi connectivity index (χ3v) is 2.36. The maximum absolute atomic E-state index is 12.5. The van der Waals surface area contributed by atoms with Gasteiger partial charge in [0.05, 0.1) is 0 Å². The fourth-order valence-corrected chi connectivity index (χ4v) is 1.55. The predicted octanol–water partition coefficient (Wildman–Crippen LogP) is 0.794. The number of nitrogens with zero attached hydrogens (tertiary/aromatic N) is 4. The Morgan fingerprint density at radius 3 is 2.65 bits per heavy atom. The summed E-state index contributed by atoms with van der Waals surface area (Å²) in [5.74, 6) is -3.50. The molecule has 7 nitrogen and oxygen atoms in total. The molecule has 0 atom stereocenters. The maximum atomic E-state index is 12.5. The van der Waals surface area contributed by atoms with Crippen LogP contribution in [0.2, 0.25) is 0 Å². The molecule has 2 aromatic rings. The minimum Gasteiger partial charge on any atom is -0.477 e. The zero-order chi connectivity index (χ0) is 15.1. The van der Waals surface area contributed by atoms with Gasteiger partial charge in [0.1, 0.15) is 5.56 Å². The second kappa shape index (κ2) is 4.47. The van der Waals surface area contributed by atoms with Gasteiger partial charge in [-0.25, -0.2) is 4.79 Å². The van der Waals surface area contributed by atoms with Gasteiger partial charge in [0.2, 0.25) is 5.78 Å². The van der Waals surface area contributed by atoms with Gasteiger partial charge in [0.25, 0.3) is 11.4 Å². The van der Waals surface area contributed by atoms with Crippen LogP contribution in [-0.2, 0) is 12.7 Å². The van der Waals surface area contributed by atoms with Crippen LogP contribution in [0.15, 0.2) is 23.6 Å². The summed E-state index contributed by atoms with van der Waals surface area (Å²) < 4.78 is 39.0. The number of carbonyl (C=O) groups is 1. The van der Waals surface area contributed by atoms with Gasteiger partial charge in [-0.15, -0.1) is 11.7 Å². The van der Waals surface area contributed by atoms with Gasteiger partial charge >= 0.3 is 12.1 Å². The van der Waals surface area contributed by atoms with Gasteiger partial charge < -0.3 is 9.67 Å². The smallest absolute Gasteiger partial charge is 0.453 e. The van der Waals surface area contributed by atoms with E-state index in [0.29, 0.717) is 4.52 Å². The average molecular weight is 288 g/mol. The number of carboxylic acid groups (broad SMARTS) is 1. The highest BCUT2D eigenvalue weighted by molar-refractivity contribution is 5.86. The standard InChI is InChI=1S/C10H7F3N4O3/c1-2-3-16-4-5(7(19)20)6(18)17-9(16)14-8(15-17)10(11,12)13/h2,4H,1,3H2,(H,19,20). The van der Waals surface area contributed by atoms with Crippen molar-refractivity contribution >= 4 is 11.7 Å². The number of hydrogen-bond donors (Lipinski definition) is 1. The van der Waals surface area contributed by atoms with E-state index in [9.17, 15) is 22.8 Å². The van der Waals surface area contributed by atoms with Crippen LogP contribution in [0.5, 0.6) is 0 Å². The van der Waals surface area contributed by atoms with E-state index < -0.39 is 34.9 Å². The van der Waals surface area contributed by atoms with Gasteiger partial charge in [0, 0.05) is 12.7 Å². The molecule has 2 rings (SSSR count). The first-order valence-electron chi connectivity index (χ1n) is 5.17. The molecule has 0 aliphatic rings. The van der Waals surface area contributed by atoms with Crippen LogP contribution in [0.25, 0.3) is 5.78 Å². The van der Waals surface area contributed by atoms with Gasteiger partial charge in [-0.2, -0.15) is 22.7 Å². The Bertz CT molecular complexity index is 759. The van der Waals surface area contributed by atoms with Crippen LogP contribution in [0, 0.1) is 0 Å². The van der Waals surface area contributed by atoms with E-state index >= 15 is 0 Å². The number of fused-ring (bicyclic) bond motifs is 1. The number of hydrogen-bond acceptors (Lipinski definition) is 4. The summed E-state index contributed by atoms with van der Waals surface area (Å²) in [6, 6.07) is 0. The van der Waals surface area contributed by atoms with Crippen molar-refractivity contribution in [2.75, 3.05) is 0 Å². The fraction of sp³-hybridized carbons (Fsp3) is 0.200. The maximum Gasteiger partial charge on any atom is 0.453 e. The van der Waals surface area contributed by atoms with E-state index in [1.54, 1.807) is 0 Å². The molecule has 106 valence electrons. The number of halogens is 3. The highest BCUT2D eigenvalue weighted by atomic mass is 19.4. The Kier molecular flexibility index (Phi) is 3.08. The van der Waals surface area contributed by atoms with Crippen molar-refractivity contribution in [3.8, 4) is 0 Å². The van der Waals surface area contributed by atoms with Crippen LogP contribution in [-0.4, -0.2) is 30.2 Å². The first-order valence-corrected chi connectivity index (χ1v) is 5.17. The molecule has 0 radical (unpaired) electrons. The van der Waals surface area contributed by atoms with E-state index in [1.165, 1.54) is 6.08 Å². The molecule has 0 aromatic carbocycles. The highest BCUT2D eigenvalue weighted by Gasteiger charge is 2.37. The van der Waals surface area contributed by atoms with E-state index in [2.05, 4.69) is 16.7 Å². The zero-order valence-electron chi connectivity index (χ0n) is 9.76. The normalized spacial score (nSPS) is 11.8. The summed E-state index contributed by atoms with van der Waals surface area (Å²) in [5, 5.41) is 11.9. The molecule has 20 heavy (non-hydrogen) atoms. The first-order chi connectivity index (χ1) is 9.25. The minimum atomic E-state index is -4.84. The third kappa shape index (κ3) is 2.15. The van der Waals surface area contributed by atoms with E-state index in [0.717, 1.165) is 10.8 Å². The van der Waals surface area contributed by atoms with Gasteiger partial charge in [0.15, 0.2) is 0 Å². The summed E-state index contributed by atoms with van der Waals surface area (Å²) >= 11 is 0. The Labute approximate surface area is 108 Å². The SMILES string of the molecule is C=CCn1cc(C(=O)O)c(=O)n2nc(C(F)(F)F)nc12. The molecule has 2 aromatic heterocycles. The lowest BCUT2D eigenvalue weighted by atomic mass is 10.3. The van der Waals surface area contributed by atoms with Gasteiger partial charge in [-0.05, 0) is 0 Å². The van der Waals surface area contributed by atoms with E-state index in [4.69, 9.17) is 5.11 Å². The summed E-state index contributed by atoms with van der Waals surface area (Å²) in [5.41, 5.74) is -1.89. The van der Waals surface area contributed by atoms with Gasteiger partial charge in [-0.3, -0.25) is 4.79 Å². The molecular formula is C10H7F3N4O3. The van der Waals surface area contributed by atoms with Crippen LogP contribution < -0.4 is 5.56 Å². The van der Waals surface area contributed by atoms with Crippen LogP contribution >= 0.6 is 0 Å². The Balaban J connectivity index is 2.86. The van der Waals surface area contributed by atoms with Crippen LogP contribution in [0.3, 0.4) is 0 Å². The minimum absolute atomic E-state index is 0.0277. The number of rotatable bonds is 3. The Morgan fingerprint density at radius 2 is 2.15 bits per heavy atom. The topological polar surface area (TPSA) is 89.5 Å². The molecule has 0 spiro atoms. The average Bonchev–Trinajstić information content (AvgIpc) is 2.77. The van der Waals surface area contributed by atoms with Crippen molar-refractivity contribution in [1.82, 2.24) is 19.2 Å². The molecule has 0 aliphatic heterocycles. The lowest BCUT2D eigenvalue weighted by molar-refractivity contribution is -0.144. The van der Waals surface area contributed by atoms with Crippen molar-refractivity contribution in [3.63, 3.8) is 0 Å². The molecule has 2 heterocycles. The number of aromatic nitrogens is 4. The van der Waals surface area contributed by atoms with Crippen molar-refractivity contribution in [1.29, 1.82) is 0 Å². The zero-order valence-corrected chi connectivity index (χ0v) is 9.76. The molecule has 0 amide bonds. The molecule has 0 saturated carbocycles. The molecule has 0 saturated heterocycles. The van der Waals surface area contributed by atoms with Crippen molar-refractivity contribution in [2.45, 2.75) is 12.7 Å². The largest absolute Gasteiger partial charge is 0.477 e. The molecule has 0 aliphatic carbocycles. The number of carboxylic acids is 1. The van der Waals surface area contributed by atoms with Crippen molar-refractivity contribution in [3.05, 3.63) is 40.6 Å². The molecule has 10 heteroatoms. The Morgan fingerprint density at radius 1 is 1.50 bits per heavy atom. The first kappa shape index (κ1) is 13.8. The lowest BCUT2D eigenvalue weighted by Gasteiger charge is -2.05. The second-order valence-corrected chi connectivity index (χ2v) is 3.74. The molecule has 1 N–H and O–H groups in total. The summed E-state index contributed by atoms with van der Waals surface area (Å²) in [6.07, 6.45) is -2.62. The molecular weight excluding hydrogens is 281 g/mol. The van der Waals surface area contributed by atoms with E-state index in [1.807, 2.05) is 0 Å². The predicted molar refractivity (Wildman–Crippen MR) is 59.4 cm³/mol. The Hall–Kier alpha value is -2.65.